The summed E-state index contributed by atoms with van der Waals surface area (Å²) in [7, 11) is 0. The summed E-state index contributed by atoms with van der Waals surface area (Å²) < 4.78 is 5.83. The van der Waals surface area contributed by atoms with Gasteiger partial charge in [0.1, 0.15) is 12.4 Å². The molecule has 0 aromatic heterocycles. The summed E-state index contributed by atoms with van der Waals surface area (Å²) in [5.41, 5.74) is 2.73. The van der Waals surface area contributed by atoms with Crippen LogP contribution in [0, 0.1) is 0 Å². The minimum atomic E-state index is -0.303. The average molecular weight is 495 g/mol. The van der Waals surface area contributed by atoms with Crippen LogP contribution < -0.4 is 20.7 Å². The fourth-order valence-electron chi connectivity index (χ4n) is 3.99. The molecule has 3 rings (SSSR count). The van der Waals surface area contributed by atoms with Gasteiger partial charge >= 0.3 is 0 Å². The quantitative estimate of drug-likeness (QED) is 0.416. The summed E-state index contributed by atoms with van der Waals surface area (Å²) >= 11 is 0. The van der Waals surface area contributed by atoms with Crippen LogP contribution in [-0.4, -0.2) is 30.1 Å². The van der Waals surface area contributed by atoms with Crippen LogP contribution >= 0.6 is 24.8 Å². The number of amides is 1. The molecule has 0 saturated heterocycles. The molecule has 0 unspecified atom stereocenters. The van der Waals surface area contributed by atoms with Crippen molar-refractivity contribution in [2.45, 2.75) is 58.3 Å². The first kappa shape index (κ1) is 29.0. The van der Waals surface area contributed by atoms with Gasteiger partial charge in [0.05, 0.1) is 0 Å². The molecule has 0 spiro atoms. The van der Waals surface area contributed by atoms with Crippen molar-refractivity contribution in [3.05, 3.63) is 77.4 Å². The zero-order chi connectivity index (χ0) is 22.3. The Bertz CT molecular complexity index is 898. The topological polar surface area (TPSA) is 62.4 Å². The highest BCUT2D eigenvalue weighted by molar-refractivity contribution is 5.96. The normalized spacial score (nSPS) is 15.6. The molecular weight excluding hydrogens is 457 g/mol. The lowest BCUT2D eigenvalue weighted by atomic mass is 9.96. The molecule has 1 amide bonds. The van der Waals surface area contributed by atoms with Gasteiger partial charge in [0, 0.05) is 29.7 Å². The first-order valence-corrected chi connectivity index (χ1v) is 11.0. The highest BCUT2D eigenvalue weighted by atomic mass is 35.5. The Morgan fingerprint density at radius 2 is 1.58 bits per heavy atom. The summed E-state index contributed by atoms with van der Waals surface area (Å²) in [6.45, 7) is 11.1. The van der Waals surface area contributed by atoms with Gasteiger partial charge in [-0.05, 0) is 63.9 Å². The van der Waals surface area contributed by atoms with Crippen molar-refractivity contribution in [2.24, 2.45) is 0 Å². The Morgan fingerprint density at radius 3 is 2.18 bits per heavy atom. The minimum Gasteiger partial charge on any atom is -0.489 e. The van der Waals surface area contributed by atoms with Crippen molar-refractivity contribution in [3.63, 3.8) is 0 Å². The van der Waals surface area contributed by atoms with Crippen LogP contribution in [0.5, 0.6) is 5.75 Å². The van der Waals surface area contributed by atoms with Crippen LogP contribution in [0.15, 0.2) is 66.2 Å². The summed E-state index contributed by atoms with van der Waals surface area (Å²) in [6.07, 6.45) is 2.92. The predicted octanol–water partition coefficient (Wildman–Crippen LogP) is 4.79. The Kier molecular flexibility index (Phi) is 11.4. The van der Waals surface area contributed by atoms with Crippen LogP contribution in [0.4, 0.5) is 0 Å². The van der Waals surface area contributed by atoms with E-state index in [1.54, 1.807) is 0 Å². The van der Waals surface area contributed by atoms with Gasteiger partial charge in [-0.2, -0.15) is 0 Å². The van der Waals surface area contributed by atoms with Gasteiger partial charge in [0.15, 0.2) is 0 Å². The van der Waals surface area contributed by atoms with Crippen molar-refractivity contribution in [2.75, 3.05) is 13.1 Å². The van der Waals surface area contributed by atoms with E-state index in [1.165, 1.54) is 5.56 Å². The van der Waals surface area contributed by atoms with E-state index in [9.17, 15) is 4.79 Å². The summed E-state index contributed by atoms with van der Waals surface area (Å²) in [4.78, 5) is 12.5. The molecule has 0 radical (unpaired) electrons. The molecule has 3 N–H and O–H groups in total. The molecule has 0 saturated carbocycles. The van der Waals surface area contributed by atoms with Gasteiger partial charge in [-0.15, -0.1) is 24.8 Å². The summed E-state index contributed by atoms with van der Waals surface area (Å²) in [6, 6.07) is 18.3. The lowest BCUT2D eigenvalue weighted by Crippen LogP contribution is -2.47. The second kappa shape index (κ2) is 13.0. The van der Waals surface area contributed by atoms with Crippen molar-refractivity contribution in [3.8, 4) is 5.75 Å². The van der Waals surface area contributed by atoms with Crippen LogP contribution in [0.2, 0.25) is 0 Å². The third-order valence-electron chi connectivity index (χ3n) is 5.37. The number of hydrogen-bond acceptors (Lipinski definition) is 4. The number of nitrogens with one attached hydrogen (secondary N) is 3. The average Bonchev–Trinajstić information content (AvgIpc) is 2.97. The molecule has 2 aromatic carbocycles. The molecule has 1 aliphatic heterocycles. The Hall–Kier alpha value is -2.05. The van der Waals surface area contributed by atoms with Crippen LogP contribution in [0.3, 0.4) is 0 Å². The lowest BCUT2D eigenvalue weighted by Gasteiger charge is -2.27. The second-order valence-corrected chi connectivity index (χ2v) is 9.23. The van der Waals surface area contributed by atoms with Gasteiger partial charge in [-0.25, -0.2) is 0 Å². The molecule has 0 fully saturated rings. The van der Waals surface area contributed by atoms with E-state index < -0.39 is 0 Å². The second-order valence-electron chi connectivity index (χ2n) is 9.23. The Balaban J connectivity index is 0.00000272. The molecule has 33 heavy (non-hydrogen) atoms. The molecular formula is C26H37Cl2N3O2. The first-order chi connectivity index (χ1) is 14.8. The van der Waals surface area contributed by atoms with Gasteiger partial charge in [-0.3, -0.25) is 10.1 Å². The number of carbonyl (C=O) groups is 1. The highest BCUT2D eigenvalue weighted by Crippen LogP contribution is 2.29. The van der Waals surface area contributed by atoms with Crippen molar-refractivity contribution in [1.29, 1.82) is 0 Å². The predicted molar refractivity (Wildman–Crippen MR) is 140 cm³/mol. The molecule has 0 bridgehead atoms. The van der Waals surface area contributed by atoms with Crippen molar-refractivity contribution in [1.82, 2.24) is 16.0 Å². The molecule has 1 heterocycles. The number of halogens is 2. The Morgan fingerprint density at radius 1 is 0.909 bits per heavy atom. The van der Waals surface area contributed by atoms with E-state index in [-0.39, 0.29) is 41.8 Å². The van der Waals surface area contributed by atoms with E-state index in [1.807, 2.05) is 50.3 Å². The maximum atomic E-state index is 12.5. The number of ether oxygens (including phenoxy) is 1. The van der Waals surface area contributed by atoms with E-state index in [0.717, 1.165) is 36.4 Å². The zero-order valence-electron chi connectivity index (χ0n) is 19.9. The maximum Gasteiger partial charge on any atom is 0.248 e. The standard InChI is InChI=1S/C26H35N3O2.2ClH/c1-25(2)17-23(26(3,4)29-25)24(30)28-16-8-15-27-18-20-11-13-22(14-12-20)31-19-21-9-6-5-7-10-21;;/h5-7,9-14,17,27,29H,8,15-16,18-19H2,1-4H3,(H,28,30);2*1H. The van der Waals surface area contributed by atoms with Crippen molar-refractivity contribution >= 4 is 30.7 Å². The fraction of sp³-hybridized carbons (Fsp3) is 0.423. The van der Waals surface area contributed by atoms with Crippen LogP contribution in [0.1, 0.15) is 45.2 Å². The van der Waals surface area contributed by atoms with Gasteiger partial charge in [0.25, 0.3) is 0 Å². The molecule has 5 nitrogen and oxygen atoms in total. The Labute approximate surface area is 210 Å². The van der Waals surface area contributed by atoms with Gasteiger partial charge in [-0.1, -0.05) is 48.5 Å². The summed E-state index contributed by atoms with van der Waals surface area (Å²) in [5, 5.41) is 9.96. The van der Waals surface area contributed by atoms with Crippen LogP contribution in [0.25, 0.3) is 0 Å². The smallest absolute Gasteiger partial charge is 0.248 e. The number of carbonyl (C=O) groups excluding carboxylic acids is 1. The fourth-order valence-corrected chi connectivity index (χ4v) is 3.99. The third kappa shape index (κ3) is 9.01. The van der Waals surface area contributed by atoms with Gasteiger partial charge < -0.3 is 15.4 Å². The minimum absolute atomic E-state index is 0. The van der Waals surface area contributed by atoms with E-state index in [0.29, 0.717) is 13.2 Å². The monoisotopic (exact) mass is 493 g/mol. The van der Waals surface area contributed by atoms with Crippen LogP contribution in [-0.2, 0) is 17.9 Å². The van der Waals surface area contributed by atoms with Crippen molar-refractivity contribution < 1.29 is 9.53 Å². The molecule has 2 aromatic rings. The SMILES string of the molecule is CC1(C)C=C(C(=O)NCCCNCc2ccc(OCc3ccccc3)cc2)C(C)(C)N1.Cl.Cl. The van der Waals surface area contributed by atoms with Gasteiger partial charge in [0.2, 0.25) is 5.91 Å². The van der Waals surface area contributed by atoms with E-state index in [2.05, 4.69) is 54.1 Å². The number of benzene rings is 2. The molecule has 1 aliphatic rings. The number of rotatable bonds is 10. The maximum absolute atomic E-state index is 12.5. The molecule has 0 aliphatic carbocycles. The molecule has 7 heteroatoms. The molecule has 0 atom stereocenters. The summed E-state index contributed by atoms with van der Waals surface area (Å²) in [5.74, 6) is 0.895. The zero-order valence-corrected chi connectivity index (χ0v) is 21.6. The largest absolute Gasteiger partial charge is 0.489 e. The van der Waals surface area contributed by atoms with E-state index >= 15 is 0 Å². The highest BCUT2D eigenvalue weighted by Gasteiger charge is 2.39. The third-order valence-corrected chi connectivity index (χ3v) is 5.37. The first-order valence-electron chi connectivity index (χ1n) is 11.0. The van der Waals surface area contributed by atoms with E-state index in [4.69, 9.17) is 4.74 Å². The lowest BCUT2D eigenvalue weighted by molar-refractivity contribution is -0.118. The number of hydrogen-bond donors (Lipinski definition) is 3. The molecule has 182 valence electrons.